The first-order chi connectivity index (χ1) is 14.9. The van der Waals surface area contributed by atoms with Gasteiger partial charge >= 0.3 is 5.97 Å². The van der Waals surface area contributed by atoms with Crippen molar-refractivity contribution < 1.29 is 18.7 Å². The van der Waals surface area contributed by atoms with E-state index in [2.05, 4.69) is 10.1 Å². The molecule has 9 heteroatoms. The molecule has 0 unspecified atom stereocenters. The van der Waals surface area contributed by atoms with Gasteiger partial charge in [-0.05, 0) is 44.4 Å². The molecule has 0 saturated carbocycles. The number of benzene rings is 1. The number of aromatic nitrogens is 3. The second-order valence-corrected chi connectivity index (χ2v) is 8.33. The molecule has 0 amide bonds. The summed E-state index contributed by atoms with van der Waals surface area (Å²) in [6.07, 6.45) is 1.81. The molecular weight excluding hydrogens is 418 g/mol. The van der Waals surface area contributed by atoms with Crippen molar-refractivity contribution in [1.29, 1.82) is 0 Å². The van der Waals surface area contributed by atoms with Crippen molar-refractivity contribution in [2.75, 3.05) is 0 Å². The largest absolute Gasteiger partial charge is 0.453 e. The molecular formula is C22H21N3O5S. The predicted molar refractivity (Wildman–Crippen MR) is 116 cm³/mol. The fourth-order valence-corrected chi connectivity index (χ4v) is 4.11. The molecule has 4 rings (SSSR count). The van der Waals surface area contributed by atoms with Crippen molar-refractivity contribution in [1.82, 2.24) is 14.6 Å². The standard InChI is InChI=1S/C22H21N3O5S/c1-4-18-24-25-19(27)10-15(23-22(25)31-18)11-29-21(28)20-13(3)16-9-14(6-5-12(2)26)7-8-17(16)30-20/h7-10H,4-6,11H2,1-3H3. The number of aryl methyl sites for hydroxylation is 3. The Morgan fingerprint density at radius 2 is 2.06 bits per heavy atom. The summed E-state index contributed by atoms with van der Waals surface area (Å²) in [5.74, 6) is -0.383. The topological polar surface area (TPSA) is 104 Å². The highest BCUT2D eigenvalue weighted by molar-refractivity contribution is 7.16. The summed E-state index contributed by atoms with van der Waals surface area (Å²) in [6, 6.07) is 6.92. The third kappa shape index (κ3) is 4.27. The minimum Gasteiger partial charge on any atom is -0.453 e. The molecule has 0 saturated heterocycles. The molecule has 0 aliphatic carbocycles. The summed E-state index contributed by atoms with van der Waals surface area (Å²) in [4.78, 5) is 40.9. The van der Waals surface area contributed by atoms with Gasteiger partial charge in [-0.15, -0.1) is 0 Å². The quantitative estimate of drug-likeness (QED) is 0.405. The average Bonchev–Trinajstić information content (AvgIpc) is 3.32. The summed E-state index contributed by atoms with van der Waals surface area (Å²) >= 11 is 1.33. The normalized spacial score (nSPS) is 11.3. The fraction of sp³-hybridized carbons (Fsp3) is 0.318. The van der Waals surface area contributed by atoms with Crippen LogP contribution in [0.15, 0.2) is 33.5 Å². The molecule has 3 aromatic heterocycles. The van der Waals surface area contributed by atoms with E-state index >= 15 is 0 Å². The number of carbonyl (C=O) groups excluding carboxylic acids is 2. The van der Waals surface area contributed by atoms with Gasteiger partial charge < -0.3 is 13.9 Å². The van der Waals surface area contributed by atoms with E-state index in [9.17, 15) is 14.4 Å². The van der Waals surface area contributed by atoms with Crippen LogP contribution >= 0.6 is 11.3 Å². The van der Waals surface area contributed by atoms with Crippen LogP contribution in [-0.2, 0) is 29.0 Å². The van der Waals surface area contributed by atoms with E-state index in [1.807, 2.05) is 19.1 Å². The minimum atomic E-state index is -0.625. The van der Waals surface area contributed by atoms with Gasteiger partial charge in [0.25, 0.3) is 5.56 Å². The number of ketones is 1. The van der Waals surface area contributed by atoms with Gasteiger partial charge in [-0.25, -0.2) is 9.78 Å². The maximum absolute atomic E-state index is 12.6. The molecule has 31 heavy (non-hydrogen) atoms. The van der Waals surface area contributed by atoms with E-state index in [1.54, 1.807) is 19.9 Å². The molecule has 0 aliphatic heterocycles. The van der Waals surface area contributed by atoms with E-state index in [4.69, 9.17) is 9.15 Å². The number of rotatable bonds is 7. The van der Waals surface area contributed by atoms with Crippen LogP contribution in [0.1, 0.15) is 52.7 Å². The van der Waals surface area contributed by atoms with E-state index in [0.29, 0.717) is 41.1 Å². The van der Waals surface area contributed by atoms with Gasteiger partial charge in [0.2, 0.25) is 10.7 Å². The maximum atomic E-state index is 12.6. The van der Waals surface area contributed by atoms with Crippen molar-refractivity contribution in [2.45, 2.75) is 46.6 Å². The summed E-state index contributed by atoms with van der Waals surface area (Å²) in [6.45, 7) is 5.16. The molecule has 0 radical (unpaired) electrons. The maximum Gasteiger partial charge on any atom is 0.374 e. The third-order valence-corrected chi connectivity index (χ3v) is 6.00. The van der Waals surface area contributed by atoms with Crippen molar-refractivity contribution in [3.8, 4) is 0 Å². The Labute approximate surface area is 181 Å². The van der Waals surface area contributed by atoms with Crippen LogP contribution in [0.5, 0.6) is 0 Å². The van der Waals surface area contributed by atoms with Gasteiger partial charge in [0.15, 0.2) is 0 Å². The Bertz CT molecular complexity index is 1360. The van der Waals surface area contributed by atoms with E-state index in [0.717, 1.165) is 16.0 Å². The molecule has 3 heterocycles. The molecule has 0 spiro atoms. The van der Waals surface area contributed by atoms with Gasteiger partial charge in [0.05, 0.1) is 5.69 Å². The van der Waals surface area contributed by atoms with Gasteiger partial charge in [-0.3, -0.25) is 4.79 Å². The number of carbonyl (C=O) groups is 2. The van der Waals surface area contributed by atoms with Crippen LogP contribution in [0.4, 0.5) is 0 Å². The molecule has 0 N–H and O–H groups in total. The fourth-order valence-electron chi connectivity index (χ4n) is 3.26. The van der Waals surface area contributed by atoms with Crippen LogP contribution in [0.25, 0.3) is 15.9 Å². The Morgan fingerprint density at radius 1 is 1.26 bits per heavy atom. The van der Waals surface area contributed by atoms with E-state index in [1.165, 1.54) is 21.9 Å². The van der Waals surface area contributed by atoms with E-state index < -0.39 is 5.97 Å². The van der Waals surface area contributed by atoms with Gasteiger partial charge in [0, 0.05) is 23.4 Å². The molecule has 0 fully saturated rings. The van der Waals surface area contributed by atoms with Crippen LogP contribution in [0.2, 0.25) is 0 Å². The number of hydrogen-bond acceptors (Lipinski definition) is 8. The summed E-state index contributed by atoms with van der Waals surface area (Å²) < 4.78 is 12.3. The van der Waals surface area contributed by atoms with Crippen molar-refractivity contribution in [3.63, 3.8) is 0 Å². The van der Waals surface area contributed by atoms with Gasteiger partial charge in [0.1, 0.15) is 23.0 Å². The Balaban J connectivity index is 1.53. The zero-order valence-electron chi connectivity index (χ0n) is 17.4. The SMILES string of the molecule is CCc1nn2c(=O)cc(COC(=O)c3oc4ccc(CCC(C)=O)cc4c3C)nc2s1. The average molecular weight is 439 g/mol. The number of furan rings is 1. The monoisotopic (exact) mass is 439 g/mol. The predicted octanol–water partition coefficient (Wildman–Crippen LogP) is 3.65. The Kier molecular flexibility index (Phi) is 5.69. The summed E-state index contributed by atoms with van der Waals surface area (Å²) in [5, 5.41) is 5.81. The van der Waals surface area contributed by atoms with Crippen LogP contribution in [0.3, 0.4) is 0 Å². The summed E-state index contributed by atoms with van der Waals surface area (Å²) in [5.41, 5.74) is 2.28. The molecule has 0 aliphatic rings. The molecule has 160 valence electrons. The molecule has 4 aromatic rings. The lowest BCUT2D eigenvalue weighted by molar-refractivity contribution is -0.116. The highest BCUT2D eigenvalue weighted by atomic mass is 32.1. The first-order valence-electron chi connectivity index (χ1n) is 9.93. The van der Waals surface area contributed by atoms with Crippen molar-refractivity contribution >= 4 is 39.0 Å². The molecule has 8 nitrogen and oxygen atoms in total. The van der Waals surface area contributed by atoms with Gasteiger partial charge in [-0.1, -0.05) is 24.3 Å². The number of nitrogens with zero attached hydrogens (tertiary/aromatic N) is 3. The number of hydrogen-bond donors (Lipinski definition) is 0. The highest BCUT2D eigenvalue weighted by Gasteiger charge is 2.20. The third-order valence-electron chi connectivity index (χ3n) is 4.95. The molecule has 0 bridgehead atoms. The molecule has 0 atom stereocenters. The van der Waals surface area contributed by atoms with Crippen LogP contribution < -0.4 is 5.56 Å². The van der Waals surface area contributed by atoms with Gasteiger partial charge in [-0.2, -0.15) is 9.61 Å². The first-order valence-corrected chi connectivity index (χ1v) is 10.7. The lowest BCUT2D eigenvalue weighted by atomic mass is 10.0. The zero-order chi connectivity index (χ0) is 22.1. The Morgan fingerprint density at radius 3 is 2.81 bits per heavy atom. The van der Waals surface area contributed by atoms with Crippen molar-refractivity contribution in [3.05, 3.63) is 62.2 Å². The number of Topliss-reactive ketones (excluding diaryl/α,β-unsaturated/α-hetero) is 1. The second kappa shape index (κ2) is 8.43. The smallest absolute Gasteiger partial charge is 0.374 e. The lowest BCUT2D eigenvalue weighted by Gasteiger charge is -2.03. The number of ether oxygens (including phenoxy) is 1. The minimum absolute atomic E-state index is 0.113. The van der Waals surface area contributed by atoms with E-state index in [-0.39, 0.29) is 23.7 Å². The lowest BCUT2D eigenvalue weighted by Crippen LogP contribution is -2.16. The zero-order valence-corrected chi connectivity index (χ0v) is 18.2. The van der Waals surface area contributed by atoms with Crippen LogP contribution in [0, 0.1) is 6.92 Å². The highest BCUT2D eigenvalue weighted by Crippen LogP contribution is 2.27. The first kappa shape index (κ1) is 20.9. The number of fused-ring (bicyclic) bond motifs is 2. The van der Waals surface area contributed by atoms with Crippen LogP contribution in [-0.4, -0.2) is 26.4 Å². The number of esters is 1. The summed E-state index contributed by atoms with van der Waals surface area (Å²) in [7, 11) is 0. The Hall–Kier alpha value is -3.33. The van der Waals surface area contributed by atoms with Crippen molar-refractivity contribution in [2.24, 2.45) is 0 Å². The second-order valence-electron chi connectivity index (χ2n) is 7.29. The molecule has 1 aromatic carbocycles.